The van der Waals surface area contributed by atoms with Gasteiger partial charge in [0.25, 0.3) is 0 Å². The van der Waals surface area contributed by atoms with Gasteiger partial charge in [-0.3, -0.25) is 0 Å². The summed E-state index contributed by atoms with van der Waals surface area (Å²) in [5, 5.41) is 2.87. The topological polar surface area (TPSA) is 37.3 Å². The van der Waals surface area contributed by atoms with E-state index in [2.05, 4.69) is 40.2 Å². The molecule has 4 nitrogen and oxygen atoms in total. The van der Waals surface area contributed by atoms with Crippen LogP contribution >= 0.6 is 23.4 Å². The number of halogens is 2. The monoisotopic (exact) mass is 477 g/mol. The van der Waals surface area contributed by atoms with Crippen LogP contribution < -0.4 is 5.32 Å². The van der Waals surface area contributed by atoms with Crippen molar-refractivity contribution in [3.8, 4) is 5.69 Å². The van der Waals surface area contributed by atoms with Gasteiger partial charge in [-0.05, 0) is 65.9 Å². The molecule has 0 unspecified atom stereocenters. The molecule has 2 heterocycles. The highest BCUT2D eigenvalue weighted by molar-refractivity contribution is 7.98. The van der Waals surface area contributed by atoms with Gasteiger partial charge >= 0.3 is 6.03 Å². The van der Waals surface area contributed by atoms with Gasteiger partial charge in [0.2, 0.25) is 0 Å². The van der Waals surface area contributed by atoms with E-state index in [1.807, 2.05) is 47.7 Å². The maximum atomic E-state index is 13.6. The predicted octanol–water partition coefficient (Wildman–Crippen LogP) is 7.13. The summed E-state index contributed by atoms with van der Waals surface area (Å²) in [4.78, 5) is 16.6. The first-order chi connectivity index (χ1) is 16.0. The molecule has 0 radical (unpaired) electrons. The number of aromatic nitrogens is 1. The molecule has 0 fully saturated rings. The number of urea groups is 1. The molecule has 0 saturated heterocycles. The second-order valence-electron chi connectivity index (χ2n) is 7.79. The Morgan fingerprint density at radius 3 is 2.61 bits per heavy atom. The normalized spacial score (nSPS) is 14.9. The third-order valence-electron chi connectivity index (χ3n) is 5.83. The summed E-state index contributed by atoms with van der Waals surface area (Å²) in [5.74, 6) is -0.525. The molecule has 1 aliphatic rings. The summed E-state index contributed by atoms with van der Waals surface area (Å²) in [6.07, 6.45) is 4.06. The zero-order valence-electron chi connectivity index (χ0n) is 17.8. The van der Waals surface area contributed by atoms with Crippen molar-refractivity contribution in [1.82, 2.24) is 9.47 Å². The van der Waals surface area contributed by atoms with E-state index in [1.165, 1.54) is 18.2 Å². The maximum absolute atomic E-state index is 13.6. The first-order valence-electron chi connectivity index (χ1n) is 10.5. The van der Waals surface area contributed by atoms with E-state index in [0.29, 0.717) is 12.2 Å². The molecule has 1 aromatic heterocycles. The minimum atomic E-state index is -0.525. The molecular weight excluding hydrogens is 457 g/mol. The van der Waals surface area contributed by atoms with Crippen LogP contribution in [0.15, 0.2) is 90.0 Å². The van der Waals surface area contributed by atoms with Gasteiger partial charge in [0.1, 0.15) is 5.82 Å². The van der Waals surface area contributed by atoms with Gasteiger partial charge in [-0.15, -0.1) is 11.8 Å². The minimum absolute atomic E-state index is 0.0351. The maximum Gasteiger partial charge on any atom is 0.322 e. The number of nitrogens with zero attached hydrogens (tertiary/aromatic N) is 2. The number of carbonyl (C=O) groups is 1. The Labute approximate surface area is 201 Å². The second-order valence-corrected chi connectivity index (χ2v) is 9.08. The van der Waals surface area contributed by atoms with Gasteiger partial charge < -0.3 is 14.8 Å². The molecule has 7 heteroatoms. The van der Waals surface area contributed by atoms with E-state index >= 15 is 0 Å². The standard InChI is InChI=1S/C26H21ClFN3OS/c1-33-20-11-8-17(9-12-20)25-24-7-4-14-30(24)23-6-3-2-5-18(23)16-31(25)26(32)29-19-10-13-22(28)21(27)15-19/h2-15,25H,16H2,1H3,(H,29,32)/t25-/m1/s1. The van der Waals surface area contributed by atoms with E-state index in [9.17, 15) is 9.18 Å². The smallest absolute Gasteiger partial charge is 0.318 e. The van der Waals surface area contributed by atoms with Crippen molar-refractivity contribution >= 4 is 35.1 Å². The molecule has 3 aromatic carbocycles. The van der Waals surface area contributed by atoms with Crippen molar-refractivity contribution in [2.75, 3.05) is 11.6 Å². The minimum Gasteiger partial charge on any atom is -0.318 e. The van der Waals surface area contributed by atoms with Crippen molar-refractivity contribution in [3.05, 3.63) is 113 Å². The Morgan fingerprint density at radius 1 is 1.06 bits per heavy atom. The lowest BCUT2D eigenvalue weighted by molar-refractivity contribution is 0.194. The van der Waals surface area contributed by atoms with E-state index in [4.69, 9.17) is 11.6 Å². The van der Waals surface area contributed by atoms with Gasteiger partial charge in [-0.1, -0.05) is 41.9 Å². The lowest BCUT2D eigenvalue weighted by Crippen LogP contribution is -2.37. The fraction of sp³-hybridized carbons (Fsp3) is 0.115. The average molecular weight is 478 g/mol. The largest absolute Gasteiger partial charge is 0.322 e. The molecular formula is C26H21ClFN3OS. The van der Waals surface area contributed by atoms with Gasteiger partial charge in [0.05, 0.1) is 23.3 Å². The van der Waals surface area contributed by atoms with Crippen LogP contribution in [0.25, 0.3) is 5.69 Å². The number of nitrogens with one attached hydrogen (secondary N) is 1. The van der Waals surface area contributed by atoms with Crippen LogP contribution in [0.2, 0.25) is 5.02 Å². The highest BCUT2D eigenvalue weighted by Crippen LogP contribution is 2.37. The fourth-order valence-corrected chi connectivity index (χ4v) is 4.83. The summed E-state index contributed by atoms with van der Waals surface area (Å²) in [6, 6.07) is 24.0. The number of benzene rings is 3. The lowest BCUT2D eigenvalue weighted by atomic mass is 10.0. The van der Waals surface area contributed by atoms with Crippen LogP contribution in [-0.4, -0.2) is 21.8 Å². The molecule has 1 atom stereocenters. The molecule has 0 bridgehead atoms. The molecule has 0 aliphatic carbocycles. The van der Waals surface area contributed by atoms with Crippen LogP contribution in [0.5, 0.6) is 0 Å². The summed E-state index contributed by atoms with van der Waals surface area (Å²) in [6.45, 7) is 0.410. The zero-order valence-corrected chi connectivity index (χ0v) is 19.4. The summed E-state index contributed by atoms with van der Waals surface area (Å²) >= 11 is 7.61. The number of anilines is 1. The van der Waals surface area contributed by atoms with Crippen molar-refractivity contribution in [2.45, 2.75) is 17.5 Å². The molecule has 4 aromatic rings. The van der Waals surface area contributed by atoms with Crippen molar-refractivity contribution in [3.63, 3.8) is 0 Å². The number of carbonyl (C=O) groups excluding carboxylic acids is 1. The first kappa shape index (κ1) is 21.6. The van der Waals surface area contributed by atoms with Crippen LogP contribution in [0, 0.1) is 5.82 Å². The molecule has 5 rings (SSSR count). The molecule has 1 N–H and O–H groups in total. The van der Waals surface area contributed by atoms with Crippen molar-refractivity contribution in [2.24, 2.45) is 0 Å². The molecule has 0 saturated carbocycles. The van der Waals surface area contributed by atoms with Crippen LogP contribution in [0.1, 0.15) is 22.9 Å². The molecule has 1 aliphatic heterocycles. The zero-order chi connectivity index (χ0) is 22.9. The highest BCUT2D eigenvalue weighted by Gasteiger charge is 2.33. The van der Waals surface area contributed by atoms with Crippen LogP contribution in [-0.2, 0) is 6.54 Å². The van der Waals surface area contributed by atoms with Gasteiger partial charge in [0.15, 0.2) is 0 Å². The van der Waals surface area contributed by atoms with Gasteiger partial charge in [0, 0.05) is 22.5 Å². The van der Waals surface area contributed by atoms with E-state index in [-0.39, 0.29) is 17.1 Å². The second kappa shape index (κ2) is 8.96. The van der Waals surface area contributed by atoms with E-state index in [1.54, 1.807) is 11.8 Å². The third-order valence-corrected chi connectivity index (χ3v) is 6.86. The first-order valence-corrected chi connectivity index (χ1v) is 12.1. The molecule has 2 amide bonds. The number of hydrogen-bond donors (Lipinski definition) is 1. The summed E-state index contributed by atoms with van der Waals surface area (Å²) < 4.78 is 15.8. The third kappa shape index (κ3) is 4.12. The Hall–Kier alpha value is -3.22. The highest BCUT2D eigenvalue weighted by atomic mass is 35.5. The Morgan fingerprint density at radius 2 is 1.85 bits per heavy atom. The molecule has 166 valence electrons. The predicted molar refractivity (Wildman–Crippen MR) is 132 cm³/mol. The summed E-state index contributed by atoms with van der Waals surface area (Å²) in [5.41, 5.74) is 4.52. The van der Waals surface area contributed by atoms with Gasteiger partial charge in [-0.25, -0.2) is 9.18 Å². The van der Waals surface area contributed by atoms with Gasteiger partial charge in [-0.2, -0.15) is 0 Å². The number of amides is 2. The Balaban J connectivity index is 1.61. The van der Waals surface area contributed by atoms with Crippen LogP contribution in [0.4, 0.5) is 14.9 Å². The Kier molecular flexibility index (Phi) is 5.87. The number of fused-ring (bicyclic) bond motifs is 3. The summed E-state index contributed by atoms with van der Waals surface area (Å²) in [7, 11) is 0. The van der Waals surface area contributed by atoms with E-state index < -0.39 is 5.82 Å². The quantitative estimate of drug-likeness (QED) is 0.319. The molecule has 33 heavy (non-hydrogen) atoms. The van der Waals surface area contributed by atoms with Crippen molar-refractivity contribution < 1.29 is 9.18 Å². The average Bonchev–Trinajstić information content (AvgIpc) is 3.26. The number of rotatable bonds is 3. The Bertz CT molecular complexity index is 1320. The number of hydrogen-bond acceptors (Lipinski definition) is 2. The van der Waals surface area contributed by atoms with Crippen LogP contribution in [0.3, 0.4) is 0 Å². The molecule has 0 spiro atoms. The lowest BCUT2D eigenvalue weighted by Gasteiger charge is -2.31. The van der Waals surface area contributed by atoms with E-state index in [0.717, 1.165) is 27.4 Å². The fourth-order valence-electron chi connectivity index (χ4n) is 4.25. The number of thioether (sulfide) groups is 1. The van der Waals surface area contributed by atoms with Crippen molar-refractivity contribution in [1.29, 1.82) is 0 Å². The number of para-hydroxylation sites is 1. The SMILES string of the molecule is CSc1ccc([C@@H]2c3cccn3-c3ccccc3CN2C(=O)Nc2ccc(F)c(Cl)c2)cc1.